The third-order valence-corrected chi connectivity index (χ3v) is 8.03. The Bertz CT molecular complexity index is 1290. The number of aliphatic hydroxyl groups excluding tert-OH is 1. The Hall–Kier alpha value is -3.28. The van der Waals surface area contributed by atoms with Gasteiger partial charge in [-0.1, -0.05) is 60.7 Å². The van der Waals surface area contributed by atoms with Gasteiger partial charge in [0, 0.05) is 18.1 Å². The Morgan fingerprint density at radius 1 is 1.05 bits per heavy atom. The molecule has 0 unspecified atom stereocenters. The van der Waals surface area contributed by atoms with E-state index in [2.05, 4.69) is 10.3 Å². The van der Waals surface area contributed by atoms with E-state index in [1.54, 1.807) is 56.5 Å². The molecule has 0 saturated carbocycles. The molecule has 2 N–H and O–H groups in total. The molecular formula is C28H35N3O6S2. The number of carbonyl (C=O) groups excluding carboxylic acids is 2. The molecule has 0 aliphatic carbocycles. The topological polar surface area (TPSA) is 126 Å². The Balaban J connectivity index is 1.86. The lowest BCUT2D eigenvalue weighted by Gasteiger charge is -2.31. The van der Waals surface area contributed by atoms with Crippen molar-refractivity contribution in [2.24, 2.45) is 0 Å². The van der Waals surface area contributed by atoms with Gasteiger partial charge in [0.1, 0.15) is 16.7 Å². The number of hydrogen-bond acceptors (Lipinski definition) is 8. The van der Waals surface area contributed by atoms with Crippen molar-refractivity contribution in [3.63, 3.8) is 0 Å². The summed E-state index contributed by atoms with van der Waals surface area (Å²) in [5.41, 5.74) is 0.752. The van der Waals surface area contributed by atoms with Crippen LogP contribution < -0.4 is 5.32 Å². The van der Waals surface area contributed by atoms with Gasteiger partial charge in [-0.3, -0.25) is 4.79 Å². The predicted octanol–water partition coefficient (Wildman–Crippen LogP) is 4.10. The molecule has 2 amide bonds. The fourth-order valence-corrected chi connectivity index (χ4v) is 6.10. The molecule has 0 radical (unpaired) electrons. The van der Waals surface area contributed by atoms with Gasteiger partial charge >= 0.3 is 6.09 Å². The molecule has 0 spiro atoms. The van der Waals surface area contributed by atoms with Crippen LogP contribution in [-0.2, 0) is 31.5 Å². The van der Waals surface area contributed by atoms with Crippen LogP contribution in [-0.4, -0.2) is 59.3 Å². The minimum atomic E-state index is -3.86. The molecule has 0 saturated heterocycles. The number of alkyl carbamates (subject to hydrolysis) is 1. The number of aromatic nitrogens is 1. The summed E-state index contributed by atoms with van der Waals surface area (Å²) in [5.74, 6) is -1.72. The molecule has 1 heterocycles. The minimum absolute atomic E-state index is 0.111. The van der Waals surface area contributed by atoms with E-state index in [0.29, 0.717) is 18.4 Å². The van der Waals surface area contributed by atoms with Crippen molar-refractivity contribution in [2.75, 3.05) is 12.3 Å². The van der Waals surface area contributed by atoms with Crippen LogP contribution in [0, 0.1) is 0 Å². The van der Waals surface area contributed by atoms with Crippen molar-refractivity contribution >= 4 is 33.2 Å². The number of benzene rings is 2. The van der Waals surface area contributed by atoms with Crippen LogP contribution in [0.25, 0.3) is 0 Å². The zero-order valence-electron chi connectivity index (χ0n) is 22.3. The monoisotopic (exact) mass is 573 g/mol. The molecule has 11 heteroatoms. The van der Waals surface area contributed by atoms with Gasteiger partial charge in [0.2, 0.25) is 5.91 Å². The summed E-state index contributed by atoms with van der Waals surface area (Å²) in [7, 11) is -3.86. The van der Waals surface area contributed by atoms with Crippen molar-refractivity contribution in [2.45, 2.75) is 57.2 Å². The number of rotatable bonds is 12. The fourth-order valence-electron chi connectivity index (χ4n) is 3.91. The highest BCUT2D eigenvalue weighted by atomic mass is 32.2. The van der Waals surface area contributed by atoms with Crippen molar-refractivity contribution < 1.29 is 27.9 Å². The lowest BCUT2D eigenvalue weighted by Crippen LogP contribution is -2.53. The highest BCUT2D eigenvalue weighted by Gasteiger charge is 2.35. The normalized spacial score (nSPS) is 13.3. The molecule has 3 rings (SSSR count). The highest BCUT2D eigenvalue weighted by Crippen LogP contribution is 2.23. The first-order valence-electron chi connectivity index (χ1n) is 12.6. The quantitative estimate of drug-likeness (QED) is 0.313. The summed E-state index contributed by atoms with van der Waals surface area (Å²) in [5, 5.41) is 15.5. The number of nitrogens with zero attached hydrogens (tertiary/aromatic N) is 2. The second-order valence-electron chi connectivity index (χ2n) is 10.1. The molecule has 1 aromatic heterocycles. The van der Waals surface area contributed by atoms with Crippen LogP contribution in [0.5, 0.6) is 0 Å². The lowest BCUT2D eigenvalue weighted by molar-refractivity contribution is -0.143. The number of aliphatic hydroxyl groups is 1. The minimum Gasteiger partial charge on any atom is -0.444 e. The fraction of sp³-hybridized carbons (Fsp3) is 0.393. The van der Waals surface area contributed by atoms with E-state index >= 15 is 0 Å². The molecular weight excluding hydrogens is 538 g/mol. The zero-order valence-corrected chi connectivity index (χ0v) is 24.0. The van der Waals surface area contributed by atoms with Crippen molar-refractivity contribution in [3.05, 3.63) is 88.4 Å². The van der Waals surface area contributed by atoms with Gasteiger partial charge < -0.3 is 20.1 Å². The summed E-state index contributed by atoms with van der Waals surface area (Å²) in [6.45, 7) is 5.10. The molecule has 39 heavy (non-hydrogen) atoms. The predicted molar refractivity (Wildman–Crippen MR) is 151 cm³/mol. The van der Waals surface area contributed by atoms with E-state index in [-0.39, 0.29) is 17.3 Å². The Morgan fingerprint density at radius 3 is 2.23 bits per heavy atom. The van der Waals surface area contributed by atoms with Crippen LogP contribution in [0.1, 0.15) is 49.6 Å². The SMILES string of the molecule is CC(C)(C)OC(=O)N[C@@H](CS(=O)(=O)Cc1ccccc1)C(=O)N(CCCc1ccccc1)[C@@H](O)c1nccs1. The Labute approximate surface area is 233 Å². The first-order valence-corrected chi connectivity index (χ1v) is 15.3. The van der Waals surface area contributed by atoms with Crippen molar-refractivity contribution in [1.29, 1.82) is 0 Å². The largest absolute Gasteiger partial charge is 0.444 e. The maximum atomic E-state index is 13.9. The zero-order chi connectivity index (χ0) is 28.5. The van der Waals surface area contributed by atoms with Gasteiger partial charge in [-0.15, -0.1) is 11.3 Å². The van der Waals surface area contributed by atoms with Crippen LogP contribution in [0.2, 0.25) is 0 Å². The third kappa shape index (κ3) is 10.1. The first kappa shape index (κ1) is 30.3. The summed E-state index contributed by atoms with van der Waals surface area (Å²) in [6.07, 6.45) is 0.299. The van der Waals surface area contributed by atoms with Crippen molar-refractivity contribution in [1.82, 2.24) is 15.2 Å². The maximum absolute atomic E-state index is 13.9. The molecule has 210 valence electrons. The summed E-state index contributed by atoms with van der Waals surface area (Å²) < 4.78 is 31.6. The number of carbonyl (C=O) groups is 2. The summed E-state index contributed by atoms with van der Waals surface area (Å²) >= 11 is 1.17. The van der Waals surface area contributed by atoms with Crippen LogP contribution >= 0.6 is 11.3 Å². The average molecular weight is 574 g/mol. The van der Waals surface area contributed by atoms with Gasteiger partial charge in [-0.05, 0) is 44.7 Å². The molecule has 2 atom stereocenters. The number of hydrogen-bond donors (Lipinski definition) is 2. The third-order valence-electron chi connectivity index (χ3n) is 5.60. The second-order valence-corrected chi connectivity index (χ2v) is 13.1. The number of aryl methyl sites for hydroxylation is 1. The van der Waals surface area contributed by atoms with E-state index in [1.165, 1.54) is 22.4 Å². The van der Waals surface area contributed by atoms with E-state index in [0.717, 1.165) is 5.56 Å². The molecule has 2 aromatic carbocycles. The second kappa shape index (κ2) is 13.7. The Morgan fingerprint density at radius 2 is 1.67 bits per heavy atom. The summed E-state index contributed by atoms with van der Waals surface area (Å²) in [6, 6.07) is 16.8. The number of ether oxygens (including phenoxy) is 1. The molecule has 9 nitrogen and oxygen atoms in total. The number of amides is 2. The smallest absolute Gasteiger partial charge is 0.408 e. The number of nitrogens with one attached hydrogen (secondary N) is 1. The first-order chi connectivity index (χ1) is 18.4. The van der Waals surface area contributed by atoms with Crippen LogP contribution in [0.3, 0.4) is 0 Å². The number of sulfone groups is 1. The van der Waals surface area contributed by atoms with E-state index in [9.17, 15) is 23.1 Å². The summed E-state index contributed by atoms with van der Waals surface area (Å²) in [4.78, 5) is 31.8. The van der Waals surface area contributed by atoms with Gasteiger partial charge in [0.15, 0.2) is 16.1 Å². The van der Waals surface area contributed by atoms with Crippen LogP contribution in [0.15, 0.2) is 72.2 Å². The molecule has 0 fully saturated rings. The number of thiazole rings is 1. The molecule has 0 aliphatic rings. The lowest BCUT2D eigenvalue weighted by atomic mass is 10.1. The van der Waals surface area contributed by atoms with Crippen molar-refractivity contribution in [3.8, 4) is 0 Å². The van der Waals surface area contributed by atoms with E-state index < -0.39 is 45.5 Å². The average Bonchev–Trinajstić information content (AvgIpc) is 3.40. The van der Waals surface area contributed by atoms with Gasteiger partial charge in [-0.25, -0.2) is 18.2 Å². The molecule has 0 bridgehead atoms. The molecule has 0 aliphatic heterocycles. The van der Waals surface area contributed by atoms with Gasteiger partial charge in [0.05, 0.1) is 11.5 Å². The Kier molecular flexibility index (Phi) is 10.6. The standard InChI is InChI=1S/C28H35N3O6S2/c1-28(2,3)37-27(34)30-23(20-39(35,36)19-22-13-8-5-9-14-22)25(32)31(26(33)24-29-16-18-38-24)17-10-15-21-11-6-4-7-12-21/h4-9,11-14,16,18,23,26,33H,10,15,17,19-20H2,1-3H3,(H,30,34)/t23-,26-/m0/s1. The maximum Gasteiger partial charge on any atom is 0.408 e. The van der Waals surface area contributed by atoms with Crippen LogP contribution in [0.4, 0.5) is 4.79 Å². The van der Waals surface area contributed by atoms with E-state index in [1.807, 2.05) is 30.3 Å². The van der Waals surface area contributed by atoms with Gasteiger partial charge in [0.25, 0.3) is 0 Å². The van der Waals surface area contributed by atoms with Gasteiger partial charge in [-0.2, -0.15) is 0 Å². The molecule has 3 aromatic rings. The van der Waals surface area contributed by atoms with E-state index in [4.69, 9.17) is 4.74 Å². The highest BCUT2D eigenvalue weighted by molar-refractivity contribution is 7.90.